The molecule has 162 valence electrons. The molecular formula is C21H23BrClN7O. The van der Waals surface area contributed by atoms with E-state index >= 15 is 0 Å². The Morgan fingerprint density at radius 3 is 2.48 bits per heavy atom. The number of nitrogens with one attached hydrogen (secondary N) is 2. The van der Waals surface area contributed by atoms with Crippen LogP contribution in [0.5, 0.6) is 0 Å². The molecule has 0 atom stereocenters. The maximum Gasteiger partial charge on any atom is 0.233 e. The first kappa shape index (κ1) is 20.7. The van der Waals surface area contributed by atoms with E-state index in [0.29, 0.717) is 36.8 Å². The van der Waals surface area contributed by atoms with Gasteiger partial charge in [0.15, 0.2) is 5.65 Å². The van der Waals surface area contributed by atoms with E-state index in [-0.39, 0.29) is 5.91 Å². The van der Waals surface area contributed by atoms with Crippen LogP contribution in [0.25, 0.3) is 11.0 Å². The monoisotopic (exact) mass is 503 g/mol. The number of amides is 1. The van der Waals surface area contributed by atoms with Crippen molar-refractivity contribution in [2.75, 3.05) is 44.2 Å². The third-order valence-electron chi connectivity index (χ3n) is 6.42. The third kappa shape index (κ3) is 3.68. The maximum absolute atomic E-state index is 13.8. The lowest BCUT2D eigenvalue weighted by atomic mass is 9.72. The number of benzene rings is 1. The Bertz CT molecular complexity index is 1090. The molecule has 2 saturated heterocycles. The first-order chi connectivity index (χ1) is 15.1. The zero-order valence-electron chi connectivity index (χ0n) is 16.9. The Labute approximate surface area is 193 Å². The van der Waals surface area contributed by atoms with Gasteiger partial charge in [0.05, 0.1) is 10.8 Å². The minimum Gasteiger partial charge on any atom is -0.352 e. The molecule has 5 rings (SSSR count). The molecule has 0 bridgehead atoms. The highest BCUT2D eigenvalue weighted by Crippen LogP contribution is 2.37. The lowest BCUT2D eigenvalue weighted by Gasteiger charge is -2.43. The van der Waals surface area contributed by atoms with Crippen molar-refractivity contribution in [2.24, 2.45) is 0 Å². The van der Waals surface area contributed by atoms with E-state index in [4.69, 9.17) is 11.6 Å². The van der Waals surface area contributed by atoms with Crippen LogP contribution in [0.3, 0.4) is 0 Å². The van der Waals surface area contributed by atoms with Gasteiger partial charge in [-0.25, -0.2) is 9.97 Å². The summed E-state index contributed by atoms with van der Waals surface area (Å²) < 4.78 is 0.771. The second-order valence-electron chi connectivity index (χ2n) is 8.05. The highest BCUT2D eigenvalue weighted by molar-refractivity contribution is 9.10. The summed E-state index contributed by atoms with van der Waals surface area (Å²) in [7, 11) is 0. The number of piperazine rings is 1. The zero-order chi connectivity index (χ0) is 21.4. The number of rotatable bonds is 3. The minimum absolute atomic E-state index is 0.216. The molecule has 0 unspecified atom stereocenters. The maximum atomic E-state index is 13.8. The van der Waals surface area contributed by atoms with Crippen molar-refractivity contribution in [3.05, 3.63) is 45.8 Å². The van der Waals surface area contributed by atoms with E-state index in [1.54, 1.807) is 0 Å². The van der Waals surface area contributed by atoms with Crippen LogP contribution in [0.4, 0.5) is 5.82 Å². The van der Waals surface area contributed by atoms with E-state index in [9.17, 15) is 4.79 Å². The standard InChI is InChI=1S/C21H23BrClN7O/c22-17-16-18(28-27-17)25-13-26-19(16)29-9-11-30(12-10-29)20(31)21(5-7-24-8-6-21)14-1-3-15(23)4-2-14/h1-4,13,24H,5-12H2,(H,25,26,27,28). The lowest BCUT2D eigenvalue weighted by Crippen LogP contribution is -2.57. The molecule has 1 aromatic carbocycles. The van der Waals surface area contributed by atoms with Crippen LogP contribution in [0.2, 0.25) is 5.02 Å². The molecule has 2 aromatic heterocycles. The van der Waals surface area contributed by atoms with Gasteiger partial charge in [-0.2, -0.15) is 5.10 Å². The van der Waals surface area contributed by atoms with Gasteiger partial charge in [-0.1, -0.05) is 23.7 Å². The second-order valence-corrected chi connectivity index (χ2v) is 9.28. The summed E-state index contributed by atoms with van der Waals surface area (Å²) in [5.74, 6) is 1.06. The van der Waals surface area contributed by atoms with E-state index in [1.807, 2.05) is 29.2 Å². The van der Waals surface area contributed by atoms with Gasteiger partial charge < -0.3 is 15.1 Å². The predicted octanol–water partition coefficient (Wildman–Crippen LogP) is 2.74. The number of halogens is 2. The Hall–Kier alpha value is -2.23. The quantitative estimate of drug-likeness (QED) is 0.570. The predicted molar refractivity (Wildman–Crippen MR) is 123 cm³/mol. The molecule has 0 aliphatic carbocycles. The highest BCUT2D eigenvalue weighted by Gasteiger charge is 2.44. The number of aromatic amines is 1. The summed E-state index contributed by atoms with van der Waals surface area (Å²) in [6.07, 6.45) is 3.12. The smallest absolute Gasteiger partial charge is 0.233 e. The number of nitrogens with zero attached hydrogens (tertiary/aromatic N) is 5. The summed E-state index contributed by atoms with van der Waals surface area (Å²) in [5, 5.41) is 12.1. The largest absolute Gasteiger partial charge is 0.352 e. The number of aromatic nitrogens is 4. The van der Waals surface area contributed by atoms with Crippen LogP contribution in [-0.4, -0.2) is 70.2 Å². The summed E-state index contributed by atoms with van der Waals surface area (Å²) in [6.45, 7) is 4.41. The van der Waals surface area contributed by atoms with Crippen LogP contribution in [0.15, 0.2) is 35.2 Å². The molecule has 2 aliphatic heterocycles. The normalized spacial score (nSPS) is 19.0. The number of carbonyl (C=O) groups is 1. The third-order valence-corrected chi connectivity index (χ3v) is 7.24. The summed E-state index contributed by atoms with van der Waals surface area (Å²) in [5.41, 5.74) is 1.20. The van der Waals surface area contributed by atoms with Crippen molar-refractivity contribution in [3.8, 4) is 0 Å². The Kier molecular flexibility index (Phi) is 5.58. The molecule has 8 nitrogen and oxygen atoms in total. The Morgan fingerprint density at radius 2 is 1.77 bits per heavy atom. The van der Waals surface area contributed by atoms with Gasteiger partial charge in [-0.3, -0.25) is 9.89 Å². The van der Waals surface area contributed by atoms with E-state index < -0.39 is 5.41 Å². The summed E-state index contributed by atoms with van der Waals surface area (Å²) in [6, 6.07) is 7.79. The first-order valence-electron chi connectivity index (χ1n) is 10.4. The first-order valence-corrected chi connectivity index (χ1v) is 11.6. The summed E-state index contributed by atoms with van der Waals surface area (Å²) >= 11 is 9.61. The van der Waals surface area contributed by atoms with Crippen molar-refractivity contribution in [1.29, 1.82) is 0 Å². The molecule has 2 N–H and O–H groups in total. The van der Waals surface area contributed by atoms with Crippen molar-refractivity contribution in [1.82, 2.24) is 30.4 Å². The van der Waals surface area contributed by atoms with E-state index in [2.05, 4.69) is 46.3 Å². The van der Waals surface area contributed by atoms with Gasteiger partial charge in [-0.05, 0) is 59.6 Å². The van der Waals surface area contributed by atoms with E-state index in [1.165, 1.54) is 6.33 Å². The fourth-order valence-electron chi connectivity index (χ4n) is 4.72. The number of hydrogen-bond acceptors (Lipinski definition) is 6. The fraction of sp³-hybridized carbons (Fsp3) is 0.429. The van der Waals surface area contributed by atoms with Crippen molar-refractivity contribution in [2.45, 2.75) is 18.3 Å². The molecule has 1 amide bonds. The molecule has 31 heavy (non-hydrogen) atoms. The number of anilines is 1. The zero-order valence-corrected chi connectivity index (χ0v) is 19.3. The van der Waals surface area contributed by atoms with Gasteiger partial charge in [0, 0.05) is 31.2 Å². The number of H-pyrrole nitrogens is 1. The molecular weight excluding hydrogens is 482 g/mol. The Balaban J connectivity index is 1.37. The second kappa shape index (κ2) is 8.37. The molecule has 3 aromatic rings. The van der Waals surface area contributed by atoms with Crippen molar-refractivity contribution in [3.63, 3.8) is 0 Å². The van der Waals surface area contributed by atoms with Crippen molar-refractivity contribution < 1.29 is 4.79 Å². The number of hydrogen-bond donors (Lipinski definition) is 2. The molecule has 0 radical (unpaired) electrons. The highest BCUT2D eigenvalue weighted by atomic mass is 79.9. The molecule has 2 aliphatic rings. The van der Waals surface area contributed by atoms with Gasteiger partial charge in [-0.15, -0.1) is 0 Å². The number of fused-ring (bicyclic) bond motifs is 1. The summed E-state index contributed by atoms with van der Waals surface area (Å²) in [4.78, 5) is 26.8. The van der Waals surface area contributed by atoms with Crippen molar-refractivity contribution >= 4 is 50.3 Å². The SMILES string of the molecule is O=C(N1CCN(c2ncnc3n[nH]c(Br)c23)CC1)C1(c2ccc(Cl)cc2)CCNCC1. The molecule has 4 heterocycles. The number of carbonyl (C=O) groups excluding carboxylic acids is 1. The minimum atomic E-state index is -0.492. The topological polar surface area (TPSA) is 90.0 Å². The fourth-order valence-corrected chi connectivity index (χ4v) is 5.29. The van der Waals surface area contributed by atoms with Crippen LogP contribution in [0.1, 0.15) is 18.4 Å². The van der Waals surface area contributed by atoms with E-state index in [0.717, 1.165) is 47.3 Å². The van der Waals surface area contributed by atoms with Gasteiger partial charge in [0.2, 0.25) is 5.91 Å². The van der Waals surface area contributed by atoms with Crippen LogP contribution in [-0.2, 0) is 10.2 Å². The lowest BCUT2D eigenvalue weighted by molar-refractivity contribution is -0.139. The van der Waals surface area contributed by atoms with Gasteiger partial charge in [0.1, 0.15) is 16.7 Å². The average Bonchev–Trinajstić information content (AvgIpc) is 3.21. The van der Waals surface area contributed by atoms with Crippen LogP contribution < -0.4 is 10.2 Å². The average molecular weight is 505 g/mol. The number of piperidine rings is 1. The molecule has 10 heteroatoms. The Morgan fingerprint density at radius 1 is 1.06 bits per heavy atom. The molecule has 2 fully saturated rings. The molecule has 0 saturated carbocycles. The van der Waals surface area contributed by atoms with Gasteiger partial charge in [0.25, 0.3) is 0 Å². The van der Waals surface area contributed by atoms with Gasteiger partial charge >= 0.3 is 0 Å². The van der Waals surface area contributed by atoms with Crippen LogP contribution in [0, 0.1) is 0 Å². The molecule has 0 spiro atoms. The van der Waals surface area contributed by atoms with Crippen LogP contribution >= 0.6 is 27.5 Å².